The highest BCUT2D eigenvalue weighted by Gasteiger charge is 2.07. The van der Waals surface area contributed by atoms with E-state index in [0.29, 0.717) is 17.8 Å². The van der Waals surface area contributed by atoms with Crippen LogP contribution in [0.2, 0.25) is 0 Å². The number of carbonyl (C=O) groups excluding carboxylic acids is 1. The number of hydrogen-bond donors (Lipinski definition) is 1. The number of anilines is 1. The Morgan fingerprint density at radius 3 is 2.52 bits per heavy atom. The Morgan fingerprint density at radius 1 is 1.13 bits per heavy atom. The van der Waals surface area contributed by atoms with E-state index in [4.69, 9.17) is 0 Å². The maximum atomic E-state index is 12.2. The van der Waals surface area contributed by atoms with Crippen molar-refractivity contribution in [2.75, 3.05) is 5.32 Å². The number of aryl methyl sites for hydroxylation is 1. The number of rotatable bonds is 4. The number of carbonyl (C=O) groups is 1. The van der Waals surface area contributed by atoms with Gasteiger partial charge in [0.2, 0.25) is 0 Å². The van der Waals surface area contributed by atoms with Crippen molar-refractivity contribution in [2.45, 2.75) is 13.5 Å². The zero-order valence-corrected chi connectivity index (χ0v) is 14.2. The molecule has 0 aliphatic carbocycles. The van der Waals surface area contributed by atoms with Gasteiger partial charge in [-0.3, -0.25) is 9.48 Å². The van der Waals surface area contributed by atoms with Gasteiger partial charge in [-0.15, -0.1) is 0 Å². The van der Waals surface area contributed by atoms with E-state index in [9.17, 15) is 4.79 Å². The molecule has 0 aliphatic rings. The predicted molar refractivity (Wildman–Crippen MR) is 94.6 cm³/mol. The largest absolute Gasteiger partial charge is 0.319 e. The third-order valence-corrected chi connectivity index (χ3v) is 3.99. The minimum Gasteiger partial charge on any atom is -0.319 e. The standard InChI is InChI=1S/C18H16BrN3O/c1-13-2-4-14(5-3-13)11-22-12-17(10-20-22)21-18(23)15-6-8-16(19)9-7-15/h2-10,12H,11H2,1H3,(H,21,23). The zero-order valence-electron chi connectivity index (χ0n) is 12.7. The molecule has 0 saturated heterocycles. The normalized spacial score (nSPS) is 10.5. The Balaban J connectivity index is 1.66. The van der Waals surface area contributed by atoms with E-state index in [2.05, 4.69) is 57.5 Å². The van der Waals surface area contributed by atoms with E-state index in [1.165, 1.54) is 11.1 Å². The summed E-state index contributed by atoms with van der Waals surface area (Å²) in [5, 5.41) is 7.14. The molecule has 1 amide bonds. The smallest absolute Gasteiger partial charge is 0.255 e. The van der Waals surface area contributed by atoms with Crippen molar-refractivity contribution < 1.29 is 4.79 Å². The Morgan fingerprint density at radius 2 is 1.83 bits per heavy atom. The summed E-state index contributed by atoms with van der Waals surface area (Å²) in [6.07, 6.45) is 3.49. The van der Waals surface area contributed by atoms with Gasteiger partial charge >= 0.3 is 0 Å². The average Bonchev–Trinajstić information content (AvgIpc) is 2.97. The van der Waals surface area contributed by atoms with Gasteiger partial charge in [-0.2, -0.15) is 5.10 Å². The van der Waals surface area contributed by atoms with Crippen molar-refractivity contribution in [2.24, 2.45) is 0 Å². The van der Waals surface area contributed by atoms with Gasteiger partial charge in [-0.1, -0.05) is 45.8 Å². The summed E-state index contributed by atoms with van der Waals surface area (Å²) in [6, 6.07) is 15.6. The second kappa shape index (κ2) is 6.79. The number of hydrogen-bond acceptors (Lipinski definition) is 2. The van der Waals surface area contributed by atoms with Gasteiger partial charge in [-0.25, -0.2) is 0 Å². The van der Waals surface area contributed by atoms with Crippen molar-refractivity contribution in [3.63, 3.8) is 0 Å². The first-order valence-electron chi connectivity index (χ1n) is 7.25. The second-order valence-electron chi connectivity index (χ2n) is 5.37. The zero-order chi connectivity index (χ0) is 16.2. The van der Waals surface area contributed by atoms with Gasteiger partial charge in [0.15, 0.2) is 0 Å². The lowest BCUT2D eigenvalue weighted by Crippen LogP contribution is -2.11. The number of aromatic nitrogens is 2. The summed E-state index contributed by atoms with van der Waals surface area (Å²) in [7, 11) is 0. The molecule has 0 unspecified atom stereocenters. The van der Waals surface area contributed by atoms with Crippen LogP contribution >= 0.6 is 15.9 Å². The van der Waals surface area contributed by atoms with E-state index in [-0.39, 0.29) is 5.91 Å². The lowest BCUT2D eigenvalue weighted by atomic mass is 10.1. The first-order valence-corrected chi connectivity index (χ1v) is 8.04. The van der Waals surface area contributed by atoms with Crippen molar-refractivity contribution >= 4 is 27.5 Å². The number of amides is 1. The molecular weight excluding hydrogens is 354 g/mol. The van der Waals surface area contributed by atoms with Crippen LogP contribution in [-0.2, 0) is 6.54 Å². The first kappa shape index (κ1) is 15.5. The maximum Gasteiger partial charge on any atom is 0.255 e. The fourth-order valence-corrected chi connectivity index (χ4v) is 2.46. The fourth-order valence-electron chi connectivity index (χ4n) is 2.20. The summed E-state index contributed by atoms with van der Waals surface area (Å²) in [5.41, 5.74) is 3.70. The molecule has 116 valence electrons. The van der Waals surface area contributed by atoms with E-state index < -0.39 is 0 Å². The highest BCUT2D eigenvalue weighted by Crippen LogP contribution is 2.13. The van der Waals surface area contributed by atoms with E-state index in [0.717, 1.165) is 4.47 Å². The molecule has 0 saturated carbocycles. The molecule has 0 radical (unpaired) electrons. The molecular formula is C18H16BrN3O. The Kier molecular flexibility index (Phi) is 4.57. The highest BCUT2D eigenvalue weighted by atomic mass is 79.9. The lowest BCUT2D eigenvalue weighted by molar-refractivity contribution is 0.102. The SMILES string of the molecule is Cc1ccc(Cn2cc(NC(=O)c3ccc(Br)cc3)cn2)cc1. The second-order valence-corrected chi connectivity index (χ2v) is 6.29. The van der Waals surface area contributed by atoms with Crippen LogP contribution in [0, 0.1) is 6.92 Å². The first-order chi connectivity index (χ1) is 11.1. The van der Waals surface area contributed by atoms with E-state index in [1.807, 2.05) is 23.0 Å². The molecule has 1 aromatic heterocycles. The monoisotopic (exact) mass is 369 g/mol. The minimum absolute atomic E-state index is 0.146. The molecule has 0 fully saturated rings. The van der Waals surface area contributed by atoms with Crippen LogP contribution in [0.3, 0.4) is 0 Å². The van der Waals surface area contributed by atoms with Gasteiger partial charge in [-0.05, 0) is 36.8 Å². The van der Waals surface area contributed by atoms with Gasteiger partial charge in [0.1, 0.15) is 0 Å². The topological polar surface area (TPSA) is 46.9 Å². The third kappa shape index (κ3) is 4.07. The Labute approximate surface area is 143 Å². The predicted octanol–water partition coefficient (Wildman–Crippen LogP) is 4.25. The van der Waals surface area contributed by atoms with E-state index in [1.54, 1.807) is 18.3 Å². The fraction of sp³-hybridized carbons (Fsp3) is 0.111. The molecule has 3 aromatic rings. The summed E-state index contributed by atoms with van der Waals surface area (Å²) in [6.45, 7) is 2.74. The summed E-state index contributed by atoms with van der Waals surface area (Å²) >= 11 is 3.36. The summed E-state index contributed by atoms with van der Waals surface area (Å²) in [4.78, 5) is 12.2. The number of benzene rings is 2. The number of halogens is 1. The lowest BCUT2D eigenvalue weighted by Gasteiger charge is -2.03. The molecule has 4 nitrogen and oxygen atoms in total. The van der Waals surface area contributed by atoms with Gasteiger partial charge in [0.05, 0.1) is 18.4 Å². The molecule has 3 rings (SSSR count). The number of nitrogens with zero attached hydrogens (tertiary/aromatic N) is 2. The quantitative estimate of drug-likeness (QED) is 0.746. The average molecular weight is 370 g/mol. The summed E-state index contributed by atoms with van der Waals surface area (Å²) < 4.78 is 2.75. The molecule has 23 heavy (non-hydrogen) atoms. The maximum absolute atomic E-state index is 12.2. The molecule has 0 bridgehead atoms. The van der Waals surface area contributed by atoms with Crippen molar-refractivity contribution in [3.05, 3.63) is 82.1 Å². The molecule has 0 spiro atoms. The van der Waals surface area contributed by atoms with Crippen LogP contribution in [0.25, 0.3) is 0 Å². The van der Waals surface area contributed by atoms with Crippen LogP contribution in [0.4, 0.5) is 5.69 Å². The minimum atomic E-state index is -0.146. The van der Waals surface area contributed by atoms with Crippen LogP contribution in [0.5, 0.6) is 0 Å². The van der Waals surface area contributed by atoms with Crippen LogP contribution in [-0.4, -0.2) is 15.7 Å². The molecule has 2 aromatic carbocycles. The van der Waals surface area contributed by atoms with Crippen LogP contribution < -0.4 is 5.32 Å². The van der Waals surface area contributed by atoms with Crippen LogP contribution in [0.15, 0.2) is 65.4 Å². The van der Waals surface area contributed by atoms with Crippen molar-refractivity contribution in [3.8, 4) is 0 Å². The van der Waals surface area contributed by atoms with Crippen LogP contribution in [0.1, 0.15) is 21.5 Å². The molecule has 5 heteroatoms. The van der Waals surface area contributed by atoms with E-state index >= 15 is 0 Å². The van der Waals surface area contributed by atoms with Gasteiger partial charge < -0.3 is 5.32 Å². The molecule has 0 atom stereocenters. The van der Waals surface area contributed by atoms with Gasteiger partial charge in [0, 0.05) is 16.2 Å². The Bertz CT molecular complexity index is 807. The molecule has 0 aliphatic heterocycles. The van der Waals surface area contributed by atoms with Crippen molar-refractivity contribution in [1.82, 2.24) is 9.78 Å². The number of nitrogens with one attached hydrogen (secondary N) is 1. The summed E-state index contributed by atoms with van der Waals surface area (Å²) in [5.74, 6) is -0.146. The van der Waals surface area contributed by atoms with Gasteiger partial charge in [0.25, 0.3) is 5.91 Å². The Hall–Kier alpha value is -2.40. The highest BCUT2D eigenvalue weighted by molar-refractivity contribution is 9.10. The molecule has 1 heterocycles. The molecule has 1 N–H and O–H groups in total. The third-order valence-electron chi connectivity index (χ3n) is 3.46. The van der Waals surface area contributed by atoms with Crippen molar-refractivity contribution in [1.29, 1.82) is 0 Å².